The highest BCUT2D eigenvalue weighted by Crippen LogP contribution is 2.31. The second-order valence-electron chi connectivity index (χ2n) is 10.1. The molecule has 0 radical (unpaired) electrons. The summed E-state index contributed by atoms with van der Waals surface area (Å²) in [6.07, 6.45) is 3.04. The average Bonchev–Trinajstić information content (AvgIpc) is 3.55. The number of benzene rings is 2. The Morgan fingerprint density at radius 2 is 1.76 bits per heavy atom. The lowest BCUT2D eigenvalue weighted by atomic mass is 9.97. The summed E-state index contributed by atoms with van der Waals surface area (Å²) in [6, 6.07) is 16.1. The molecule has 41 heavy (non-hydrogen) atoms. The molecule has 3 heterocycles. The maximum atomic E-state index is 12.9. The molecule has 1 saturated heterocycles. The van der Waals surface area contributed by atoms with E-state index >= 15 is 0 Å². The van der Waals surface area contributed by atoms with Crippen LogP contribution in [-0.2, 0) is 16.0 Å². The van der Waals surface area contributed by atoms with Gasteiger partial charge in [-0.3, -0.25) is 14.4 Å². The molecule has 0 bridgehead atoms. The number of piperidine rings is 1. The quantitative estimate of drug-likeness (QED) is 0.378. The second kappa shape index (κ2) is 12.9. The van der Waals surface area contributed by atoms with Crippen LogP contribution in [-0.4, -0.2) is 61.9 Å². The predicted molar refractivity (Wildman–Crippen MR) is 159 cm³/mol. The van der Waals surface area contributed by atoms with Crippen LogP contribution in [0.5, 0.6) is 5.75 Å². The van der Waals surface area contributed by atoms with Crippen LogP contribution in [0.25, 0.3) is 0 Å². The fourth-order valence-electron chi connectivity index (χ4n) is 5.21. The Hall–Kier alpha value is -4.38. The Bertz CT molecular complexity index is 1420. The molecular weight excluding hydrogens is 542 g/mol. The van der Waals surface area contributed by atoms with Crippen molar-refractivity contribution in [1.82, 2.24) is 10.2 Å². The minimum Gasteiger partial charge on any atom is -0.495 e. The second-order valence-corrected chi connectivity index (χ2v) is 11.1. The number of carbonyl (C=O) groups excluding carboxylic acids is 4. The van der Waals surface area contributed by atoms with E-state index in [1.54, 1.807) is 35.1 Å². The number of carbonyl (C=O) groups is 4. The summed E-state index contributed by atoms with van der Waals surface area (Å²) in [5, 5.41) is 10.2. The van der Waals surface area contributed by atoms with Crippen molar-refractivity contribution in [3.8, 4) is 5.75 Å². The SMILES string of the molecule is COc1ccccc1NC(=O)N1CCC(CNC(=O)C(=O)Nc2ccc3c(c2)CCCN3C(=O)c2cccs2)CC1. The maximum absolute atomic E-state index is 12.9. The summed E-state index contributed by atoms with van der Waals surface area (Å²) in [7, 11) is 1.56. The van der Waals surface area contributed by atoms with Crippen LogP contribution in [0, 0.1) is 5.92 Å². The lowest BCUT2D eigenvalue weighted by Gasteiger charge is -2.32. The molecule has 10 nitrogen and oxygen atoms in total. The Morgan fingerprint density at radius 1 is 0.951 bits per heavy atom. The number of hydrogen-bond donors (Lipinski definition) is 3. The van der Waals surface area contributed by atoms with Gasteiger partial charge in [-0.1, -0.05) is 18.2 Å². The fourth-order valence-corrected chi connectivity index (χ4v) is 5.88. The van der Waals surface area contributed by atoms with Gasteiger partial charge >= 0.3 is 17.8 Å². The Labute approximate surface area is 242 Å². The Morgan fingerprint density at radius 3 is 2.51 bits per heavy atom. The number of nitrogens with one attached hydrogen (secondary N) is 3. The molecule has 3 N–H and O–H groups in total. The number of nitrogens with zero attached hydrogens (tertiary/aromatic N) is 2. The van der Waals surface area contributed by atoms with Gasteiger partial charge in [0.15, 0.2) is 0 Å². The molecule has 0 spiro atoms. The molecule has 2 aliphatic rings. The number of fused-ring (bicyclic) bond motifs is 1. The maximum Gasteiger partial charge on any atom is 0.321 e. The van der Waals surface area contributed by atoms with E-state index in [0.29, 0.717) is 61.0 Å². The van der Waals surface area contributed by atoms with Gasteiger partial charge in [-0.2, -0.15) is 0 Å². The topological polar surface area (TPSA) is 120 Å². The molecule has 0 unspecified atom stereocenters. The molecule has 5 amide bonds. The number of amides is 5. The Balaban J connectivity index is 1.08. The lowest BCUT2D eigenvalue weighted by molar-refractivity contribution is -0.136. The number of aryl methyl sites for hydroxylation is 1. The van der Waals surface area contributed by atoms with Crippen LogP contribution in [0.1, 0.15) is 34.5 Å². The summed E-state index contributed by atoms with van der Waals surface area (Å²) >= 11 is 1.41. The van der Waals surface area contributed by atoms with Gasteiger partial charge in [-0.15, -0.1) is 11.3 Å². The van der Waals surface area contributed by atoms with Crippen LogP contribution >= 0.6 is 11.3 Å². The normalized spacial score (nSPS) is 15.0. The van der Waals surface area contributed by atoms with Crippen LogP contribution in [0.2, 0.25) is 0 Å². The fraction of sp³-hybridized carbons (Fsp3) is 0.333. The van der Waals surface area contributed by atoms with Gasteiger partial charge in [-0.05, 0) is 78.9 Å². The van der Waals surface area contributed by atoms with Crippen molar-refractivity contribution in [2.45, 2.75) is 25.7 Å². The van der Waals surface area contributed by atoms with E-state index in [0.717, 1.165) is 24.1 Å². The molecule has 3 aromatic rings. The zero-order valence-corrected chi connectivity index (χ0v) is 23.7. The lowest BCUT2D eigenvalue weighted by Crippen LogP contribution is -2.44. The molecule has 1 fully saturated rings. The molecule has 0 saturated carbocycles. The molecule has 2 aromatic carbocycles. The van der Waals surface area contributed by atoms with Gasteiger partial charge in [0, 0.05) is 37.6 Å². The first-order valence-electron chi connectivity index (χ1n) is 13.7. The van der Waals surface area contributed by atoms with E-state index in [-0.39, 0.29) is 17.9 Å². The van der Waals surface area contributed by atoms with Crippen molar-refractivity contribution < 1.29 is 23.9 Å². The van der Waals surface area contributed by atoms with Gasteiger partial charge in [0.25, 0.3) is 5.91 Å². The first-order chi connectivity index (χ1) is 19.9. The van der Waals surface area contributed by atoms with Gasteiger partial charge in [0.1, 0.15) is 5.75 Å². The van der Waals surface area contributed by atoms with E-state index in [1.165, 1.54) is 11.3 Å². The number of methoxy groups -OCH3 is 1. The van der Waals surface area contributed by atoms with Crippen molar-refractivity contribution in [2.24, 2.45) is 5.92 Å². The highest BCUT2D eigenvalue weighted by atomic mass is 32.1. The number of anilines is 3. The summed E-state index contributed by atoms with van der Waals surface area (Å²) in [4.78, 5) is 54.9. The number of thiophene rings is 1. The third kappa shape index (κ3) is 6.68. The molecule has 214 valence electrons. The van der Waals surface area contributed by atoms with Crippen LogP contribution < -0.4 is 25.6 Å². The van der Waals surface area contributed by atoms with Crippen molar-refractivity contribution in [1.29, 1.82) is 0 Å². The Kier molecular flexibility index (Phi) is 8.83. The number of para-hydroxylation sites is 2. The third-order valence-corrected chi connectivity index (χ3v) is 8.30. The zero-order chi connectivity index (χ0) is 28.8. The van der Waals surface area contributed by atoms with E-state index in [4.69, 9.17) is 4.74 Å². The number of urea groups is 1. The highest BCUT2D eigenvalue weighted by Gasteiger charge is 2.26. The van der Waals surface area contributed by atoms with Crippen molar-refractivity contribution in [3.05, 3.63) is 70.4 Å². The van der Waals surface area contributed by atoms with Crippen molar-refractivity contribution in [3.63, 3.8) is 0 Å². The number of rotatable bonds is 6. The number of hydrogen-bond acceptors (Lipinski definition) is 6. The van der Waals surface area contributed by atoms with Crippen LogP contribution in [0.4, 0.5) is 21.9 Å². The minimum absolute atomic E-state index is 0.0278. The van der Waals surface area contributed by atoms with E-state index in [1.807, 2.05) is 41.8 Å². The standard InChI is InChI=1S/C30H33N5O5S/c1-40-25-8-3-2-7-23(25)33-30(39)34-15-12-20(13-16-34)19-31-27(36)28(37)32-22-10-11-24-21(18-22)6-4-14-35(24)29(38)26-9-5-17-41-26/h2-3,5,7-11,17-18,20H,4,6,12-16,19H2,1H3,(H,31,36)(H,32,37)(H,33,39). The summed E-state index contributed by atoms with van der Waals surface area (Å²) < 4.78 is 5.29. The number of ether oxygens (including phenoxy) is 1. The van der Waals surface area contributed by atoms with Gasteiger partial charge in [0.2, 0.25) is 0 Å². The summed E-state index contributed by atoms with van der Waals surface area (Å²) in [5.74, 6) is -0.703. The number of likely N-dealkylation sites (tertiary alicyclic amines) is 1. The van der Waals surface area contributed by atoms with Gasteiger partial charge in [0.05, 0.1) is 17.7 Å². The monoisotopic (exact) mass is 575 g/mol. The highest BCUT2D eigenvalue weighted by molar-refractivity contribution is 7.12. The molecule has 0 atom stereocenters. The van der Waals surface area contributed by atoms with Gasteiger partial charge < -0.3 is 30.5 Å². The molecule has 1 aromatic heterocycles. The molecule has 0 aliphatic carbocycles. The van der Waals surface area contributed by atoms with E-state index < -0.39 is 11.8 Å². The first-order valence-corrected chi connectivity index (χ1v) is 14.6. The van der Waals surface area contributed by atoms with E-state index in [9.17, 15) is 19.2 Å². The molecule has 5 rings (SSSR count). The third-order valence-electron chi connectivity index (χ3n) is 7.44. The summed E-state index contributed by atoms with van der Waals surface area (Å²) in [5.41, 5.74) is 2.92. The minimum atomic E-state index is -0.735. The average molecular weight is 576 g/mol. The van der Waals surface area contributed by atoms with E-state index in [2.05, 4.69) is 16.0 Å². The predicted octanol–water partition coefficient (Wildman–Crippen LogP) is 4.35. The zero-order valence-electron chi connectivity index (χ0n) is 22.9. The smallest absolute Gasteiger partial charge is 0.321 e. The molecule has 11 heteroatoms. The largest absolute Gasteiger partial charge is 0.495 e. The summed E-state index contributed by atoms with van der Waals surface area (Å²) in [6.45, 7) is 2.10. The molecular formula is C30H33N5O5S. The van der Waals surface area contributed by atoms with Crippen molar-refractivity contribution in [2.75, 3.05) is 48.8 Å². The van der Waals surface area contributed by atoms with Crippen LogP contribution in [0.3, 0.4) is 0 Å². The first kappa shape index (κ1) is 28.2. The van der Waals surface area contributed by atoms with Crippen LogP contribution in [0.15, 0.2) is 60.0 Å². The van der Waals surface area contributed by atoms with Crippen molar-refractivity contribution >= 4 is 52.2 Å². The van der Waals surface area contributed by atoms with Gasteiger partial charge in [-0.25, -0.2) is 4.79 Å². The molecule has 2 aliphatic heterocycles.